The van der Waals surface area contributed by atoms with E-state index in [4.69, 9.17) is 14.9 Å². The van der Waals surface area contributed by atoms with Gasteiger partial charge in [-0.2, -0.15) is 13.2 Å². The topological polar surface area (TPSA) is 112 Å². The van der Waals surface area contributed by atoms with E-state index in [-0.39, 0.29) is 22.6 Å². The standard InChI is InChI=1S/C22H17F3N2O5/c1-12(20(29)27-16-7-5-13(6-8-16)19(26)28)31-21(30)18-10-9-17(32-18)14-3-2-4-15(11-14)22(23,24)25/h2-12H,1H3,(H2,26,28)(H,27,29). The minimum absolute atomic E-state index is 0.0368. The molecule has 1 unspecified atom stereocenters. The van der Waals surface area contributed by atoms with Gasteiger partial charge in [-0.3, -0.25) is 9.59 Å². The number of halogens is 3. The van der Waals surface area contributed by atoms with Crippen LogP contribution in [0.3, 0.4) is 0 Å². The Bertz CT molecular complexity index is 1150. The van der Waals surface area contributed by atoms with E-state index < -0.39 is 35.6 Å². The van der Waals surface area contributed by atoms with Crippen LogP contribution in [0.4, 0.5) is 18.9 Å². The zero-order valence-electron chi connectivity index (χ0n) is 16.6. The van der Waals surface area contributed by atoms with E-state index in [2.05, 4.69) is 5.32 Å². The fraction of sp³-hybridized carbons (Fsp3) is 0.136. The van der Waals surface area contributed by atoms with Crippen molar-refractivity contribution in [3.05, 3.63) is 77.6 Å². The van der Waals surface area contributed by atoms with Gasteiger partial charge in [0.15, 0.2) is 6.10 Å². The first kappa shape index (κ1) is 22.6. The number of furan rings is 1. The number of nitrogens with two attached hydrogens (primary N) is 1. The number of esters is 1. The normalized spacial score (nSPS) is 12.1. The Morgan fingerprint density at radius 1 is 1.03 bits per heavy atom. The minimum atomic E-state index is -4.52. The lowest BCUT2D eigenvalue weighted by atomic mass is 10.1. The molecule has 1 atom stereocenters. The highest BCUT2D eigenvalue weighted by atomic mass is 19.4. The lowest BCUT2D eigenvalue weighted by Crippen LogP contribution is -2.29. The van der Waals surface area contributed by atoms with Gasteiger partial charge in [0.25, 0.3) is 5.91 Å². The Hall–Kier alpha value is -4.08. The number of anilines is 1. The summed E-state index contributed by atoms with van der Waals surface area (Å²) in [7, 11) is 0. The number of rotatable bonds is 6. The van der Waals surface area contributed by atoms with Crippen molar-refractivity contribution in [3.63, 3.8) is 0 Å². The van der Waals surface area contributed by atoms with Gasteiger partial charge in [0.05, 0.1) is 5.56 Å². The molecule has 0 saturated carbocycles. The molecule has 0 saturated heterocycles. The van der Waals surface area contributed by atoms with Crippen molar-refractivity contribution in [3.8, 4) is 11.3 Å². The number of hydrogen-bond acceptors (Lipinski definition) is 5. The van der Waals surface area contributed by atoms with Crippen molar-refractivity contribution in [2.45, 2.75) is 19.2 Å². The van der Waals surface area contributed by atoms with Gasteiger partial charge in [0, 0.05) is 16.8 Å². The van der Waals surface area contributed by atoms with Crippen LogP contribution in [0.25, 0.3) is 11.3 Å². The lowest BCUT2D eigenvalue weighted by molar-refractivity contribution is -0.137. The van der Waals surface area contributed by atoms with Gasteiger partial charge in [-0.25, -0.2) is 4.79 Å². The molecule has 1 heterocycles. The van der Waals surface area contributed by atoms with E-state index in [9.17, 15) is 27.6 Å². The first-order valence-corrected chi connectivity index (χ1v) is 9.24. The van der Waals surface area contributed by atoms with Crippen molar-refractivity contribution in [1.29, 1.82) is 0 Å². The predicted octanol–water partition coefficient (Wildman–Crippen LogP) is 4.25. The summed E-state index contributed by atoms with van der Waals surface area (Å²) in [6.45, 7) is 1.33. The molecule has 1 aromatic heterocycles. The van der Waals surface area contributed by atoms with Crippen LogP contribution in [0.15, 0.2) is 65.1 Å². The quantitative estimate of drug-likeness (QED) is 0.550. The molecule has 7 nitrogen and oxygen atoms in total. The molecule has 0 radical (unpaired) electrons. The third kappa shape index (κ3) is 5.34. The zero-order chi connectivity index (χ0) is 23.5. The highest BCUT2D eigenvalue weighted by molar-refractivity contribution is 5.97. The molecule has 2 aromatic carbocycles. The van der Waals surface area contributed by atoms with Crippen LogP contribution in [-0.4, -0.2) is 23.9 Å². The summed E-state index contributed by atoms with van der Waals surface area (Å²) in [4.78, 5) is 35.6. The van der Waals surface area contributed by atoms with Gasteiger partial charge in [-0.05, 0) is 55.5 Å². The summed E-state index contributed by atoms with van der Waals surface area (Å²) >= 11 is 0. The van der Waals surface area contributed by atoms with E-state index >= 15 is 0 Å². The van der Waals surface area contributed by atoms with Crippen LogP contribution in [0.5, 0.6) is 0 Å². The van der Waals surface area contributed by atoms with Crippen LogP contribution < -0.4 is 11.1 Å². The van der Waals surface area contributed by atoms with Crippen molar-refractivity contribution in [2.75, 3.05) is 5.32 Å². The zero-order valence-corrected chi connectivity index (χ0v) is 16.6. The fourth-order valence-electron chi connectivity index (χ4n) is 2.69. The summed E-state index contributed by atoms with van der Waals surface area (Å²) in [5.74, 6) is -2.46. The molecule has 0 spiro atoms. The second-order valence-corrected chi connectivity index (χ2v) is 6.72. The molecule has 3 N–H and O–H groups in total. The summed E-state index contributed by atoms with van der Waals surface area (Å²) in [6.07, 6.45) is -5.73. The molecule has 32 heavy (non-hydrogen) atoms. The third-order valence-electron chi connectivity index (χ3n) is 4.37. The maximum Gasteiger partial charge on any atom is 0.416 e. The fourth-order valence-corrected chi connectivity index (χ4v) is 2.69. The van der Waals surface area contributed by atoms with E-state index in [1.165, 1.54) is 55.5 Å². The van der Waals surface area contributed by atoms with Gasteiger partial charge in [0.1, 0.15) is 5.76 Å². The number of carbonyl (C=O) groups is 3. The number of benzene rings is 2. The van der Waals surface area contributed by atoms with Crippen LogP contribution >= 0.6 is 0 Å². The highest BCUT2D eigenvalue weighted by Gasteiger charge is 2.30. The average molecular weight is 446 g/mol. The summed E-state index contributed by atoms with van der Waals surface area (Å²) in [5.41, 5.74) is 5.03. The second-order valence-electron chi connectivity index (χ2n) is 6.72. The SMILES string of the molecule is CC(OC(=O)c1ccc(-c2cccc(C(F)(F)F)c2)o1)C(=O)Nc1ccc(C(N)=O)cc1. The minimum Gasteiger partial charge on any atom is -0.449 e. The number of ether oxygens (including phenoxy) is 1. The van der Waals surface area contributed by atoms with Crippen molar-refractivity contribution in [1.82, 2.24) is 0 Å². The maximum atomic E-state index is 12.9. The van der Waals surface area contributed by atoms with E-state index in [0.717, 1.165) is 12.1 Å². The first-order chi connectivity index (χ1) is 15.0. The van der Waals surface area contributed by atoms with Gasteiger partial charge in [0.2, 0.25) is 11.7 Å². The molecule has 0 aliphatic heterocycles. The Kier molecular flexibility index (Phi) is 6.33. The Morgan fingerprint density at radius 2 is 1.72 bits per heavy atom. The maximum absolute atomic E-state index is 12.9. The number of hydrogen-bond donors (Lipinski definition) is 2. The predicted molar refractivity (Wildman–Crippen MR) is 108 cm³/mol. The summed E-state index contributed by atoms with van der Waals surface area (Å²) < 4.78 is 49.0. The molecule has 166 valence electrons. The molecule has 0 bridgehead atoms. The number of nitrogens with one attached hydrogen (secondary N) is 1. The number of alkyl halides is 3. The monoisotopic (exact) mass is 446 g/mol. The molecular formula is C22H17F3N2O5. The molecule has 0 aliphatic rings. The second kappa shape index (κ2) is 8.96. The summed E-state index contributed by atoms with van der Waals surface area (Å²) in [5, 5.41) is 2.51. The van der Waals surface area contributed by atoms with Gasteiger partial charge in [-0.15, -0.1) is 0 Å². The first-order valence-electron chi connectivity index (χ1n) is 9.24. The Morgan fingerprint density at radius 3 is 2.34 bits per heavy atom. The molecular weight excluding hydrogens is 429 g/mol. The lowest BCUT2D eigenvalue weighted by Gasteiger charge is -2.13. The third-order valence-corrected chi connectivity index (χ3v) is 4.37. The molecule has 0 aliphatic carbocycles. The number of primary amides is 1. The van der Waals surface area contributed by atoms with Crippen molar-refractivity contribution in [2.24, 2.45) is 5.73 Å². The van der Waals surface area contributed by atoms with Crippen molar-refractivity contribution < 1.29 is 36.7 Å². The van der Waals surface area contributed by atoms with Crippen molar-refractivity contribution >= 4 is 23.5 Å². The summed E-state index contributed by atoms with van der Waals surface area (Å²) in [6, 6.07) is 12.8. The van der Waals surface area contributed by atoms with E-state index in [0.29, 0.717) is 5.69 Å². The van der Waals surface area contributed by atoms with Crippen LogP contribution in [0.2, 0.25) is 0 Å². The molecule has 10 heteroatoms. The average Bonchev–Trinajstić information content (AvgIpc) is 3.24. The van der Waals surface area contributed by atoms with E-state index in [1.54, 1.807) is 0 Å². The van der Waals surface area contributed by atoms with E-state index in [1.807, 2.05) is 0 Å². The largest absolute Gasteiger partial charge is 0.449 e. The van der Waals surface area contributed by atoms with Gasteiger partial charge < -0.3 is 20.2 Å². The Balaban J connectivity index is 1.64. The molecule has 3 aromatic rings. The number of amides is 2. The van der Waals surface area contributed by atoms with Crippen LogP contribution in [0, 0.1) is 0 Å². The van der Waals surface area contributed by atoms with Crippen LogP contribution in [-0.2, 0) is 15.7 Å². The highest BCUT2D eigenvalue weighted by Crippen LogP contribution is 2.32. The molecule has 3 rings (SSSR count). The Labute approximate surface area is 180 Å². The van der Waals surface area contributed by atoms with Gasteiger partial charge >= 0.3 is 12.1 Å². The van der Waals surface area contributed by atoms with Crippen LogP contribution in [0.1, 0.15) is 33.4 Å². The molecule has 2 amide bonds. The number of carbonyl (C=O) groups excluding carboxylic acids is 3. The smallest absolute Gasteiger partial charge is 0.416 e. The molecule has 0 fully saturated rings. The van der Waals surface area contributed by atoms with Gasteiger partial charge in [-0.1, -0.05) is 12.1 Å².